The minimum absolute atomic E-state index is 0.281. The van der Waals surface area contributed by atoms with Gasteiger partial charge in [0.05, 0.1) is 11.5 Å². The Bertz CT molecular complexity index is 415. The summed E-state index contributed by atoms with van der Waals surface area (Å²) in [5.74, 6) is 0.459. The molecule has 96 valence electrons. The molecule has 1 rings (SSSR count). The maximum atomic E-state index is 11.8. The van der Waals surface area contributed by atoms with Crippen molar-refractivity contribution in [3.63, 3.8) is 0 Å². The average Bonchev–Trinajstić information content (AvgIpc) is 2.29. The van der Waals surface area contributed by atoms with Crippen molar-refractivity contribution in [3.05, 3.63) is 30.3 Å². The molecular formula is C12H19NO3S. The smallest absolute Gasteiger partial charge is 0.240 e. The highest BCUT2D eigenvalue weighted by molar-refractivity contribution is 7.89. The first-order valence-corrected chi connectivity index (χ1v) is 7.13. The third-order valence-electron chi connectivity index (χ3n) is 2.04. The second kappa shape index (κ2) is 6.74. The van der Waals surface area contributed by atoms with Gasteiger partial charge in [-0.2, -0.15) is 0 Å². The van der Waals surface area contributed by atoms with Gasteiger partial charge in [-0.3, -0.25) is 0 Å². The zero-order valence-electron chi connectivity index (χ0n) is 10.2. The Balaban J connectivity index is 2.36. The van der Waals surface area contributed by atoms with Crippen molar-refractivity contribution in [3.8, 4) is 0 Å². The Morgan fingerprint density at radius 3 is 2.47 bits per heavy atom. The Morgan fingerprint density at radius 2 is 1.88 bits per heavy atom. The molecule has 0 saturated carbocycles. The van der Waals surface area contributed by atoms with E-state index in [2.05, 4.69) is 4.72 Å². The van der Waals surface area contributed by atoms with E-state index in [4.69, 9.17) is 4.74 Å². The predicted octanol–water partition coefficient (Wildman–Crippen LogP) is 1.64. The normalized spacial score (nSPS) is 11.9. The van der Waals surface area contributed by atoms with E-state index in [1.165, 1.54) is 0 Å². The summed E-state index contributed by atoms with van der Waals surface area (Å²) in [6.07, 6.45) is 0. The van der Waals surface area contributed by atoms with E-state index in [1.807, 2.05) is 13.8 Å². The van der Waals surface area contributed by atoms with Gasteiger partial charge in [0.25, 0.3) is 0 Å². The van der Waals surface area contributed by atoms with Gasteiger partial charge in [0.2, 0.25) is 10.0 Å². The molecule has 0 bridgehead atoms. The predicted molar refractivity (Wildman–Crippen MR) is 67.3 cm³/mol. The first-order chi connectivity index (χ1) is 8.02. The van der Waals surface area contributed by atoms with Crippen LogP contribution in [0.5, 0.6) is 0 Å². The first-order valence-electron chi connectivity index (χ1n) is 5.65. The number of hydrogen-bond donors (Lipinski definition) is 1. The number of ether oxygens (including phenoxy) is 1. The number of rotatable bonds is 7. The molecule has 0 aliphatic heterocycles. The quantitative estimate of drug-likeness (QED) is 0.755. The summed E-state index contributed by atoms with van der Waals surface area (Å²) in [6, 6.07) is 8.31. The summed E-state index contributed by atoms with van der Waals surface area (Å²) in [5.41, 5.74) is 0. The molecule has 5 heteroatoms. The fourth-order valence-electron chi connectivity index (χ4n) is 1.25. The lowest BCUT2D eigenvalue weighted by molar-refractivity contribution is 0.114. The lowest BCUT2D eigenvalue weighted by atomic mass is 10.2. The summed E-state index contributed by atoms with van der Waals surface area (Å²) >= 11 is 0. The van der Waals surface area contributed by atoms with Crippen molar-refractivity contribution >= 4 is 10.0 Å². The van der Waals surface area contributed by atoms with Gasteiger partial charge in [-0.25, -0.2) is 13.1 Å². The number of sulfonamides is 1. The van der Waals surface area contributed by atoms with Crippen molar-refractivity contribution in [2.75, 3.05) is 19.8 Å². The molecule has 0 aromatic heterocycles. The molecule has 0 unspecified atom stereocenters. The van der Waals surface area contributed by atoms with E-state index in [9.17, 15) is 8.42 Å². The zero-order valence-corrected chi connectivity index (χ0v) is 11.0. The van der Waals surface area contributed by atoms with Gasteiger partial charge >= 0.3 is 0 Å². The summed E-state index contributed by atoms with van der Waals surface area (Å²) < 4.78 is 31.3. The maximum Gasteiger partial charge on any atom is 0.240 e. The van der Waals surface area contributed by atoms with Crippen LogP contribution in [0, 0.1) is 5.92 Å². The fourth-order valence-corrected chi connectivity index (χ4v) is 2.28. The second-order valence-corrected chi connectivity index (χ2v) is 5.95. The minimum atomic E-state index is -3.39. The van der Waals surface area contributed by atoms with Crippen molar-refractivity contribution in [2.45, 2.75) is 18.7 Å². The molecular weight excluding hydrogens is 238 g/mol. The standard InChI is InChI=1S/C12H19NO3S/c1-11(2)10-16-9-8-13-17(14,15)12-6-4-3-5-7-12/h3-7,11,13H,8-10H2,1-2H3. The van der Waals surface area contributed by atoms with Crippen molar-refractivity contribution in [2.24, 2.45) is 5.92 Å². The van der Waals surface area contributed by atoms with Gasteiger partial charge in [-0.1, -0.05) is 32.0 Å². The molecule has 0 amide bonds. The highest BCUT2D eigenvalue weighted by Crippen LogP contribution is 2.06. The first kappa shape index (κ1) is 14.2. The summed E-state index contributed by atoms with van der Waals surface area (Å²) in [5, 5.41) is 0. The van der Waals surface area contributed by atoms with Crippen molar-refractivity contribution in [1.82, 2.24) is 4.72 Å². The molecule has 0 spiro atoms. The van der Waals surface area contributed by atoms with Gasteiger partial charge in [0.1, 0.15) is 0 Å². The third kappa shape index (κ3) is 5.30. The Hall–Kier alpha value is -0.910. The van der Waals surface area contributed by atoms with E-state index in [1.54, 1.807) is 30.3 Å². The van der Waals surface area contributed by atoms with Gasteiger partial charge in [-0.15, -0.1) is 0 Å². The lowest BCUT2D eigenvalue weighted by Gasteiger charge is -2.08. The number of benzene rings is 1. The molecule has 0 heterocycles. The van der Waals surface area contributed by atoms with Crippen molar-refractivity contribution < 1.29 is 13.2 Å². The van der Waals surface area contributed by atoms with Crippen LogP contribution in [0.3, 0.4) is 0 Å². The molecule has 0 fully saturated rings. The fraction of sp³-hybridized carbons (Fsp3) is 0.500. The highest BCUT2D eigenvalue weighted by atomic mass is 32.2. The summed E-state index contributed by atoms with van der Waals surface area (Å²) in [4.78, 5) is 0.281. The van der Waals surface area contributed by atoms with Crippen LogP contribution in [-0.2, 0) is 14.8 Å². The topological polar surface area (TPSA) is 55.4 Å². The van der Waals surface area contributed by atoms with Crippen LogP contribution in [0.15, 0.2) is 35.2 Å². The van der Waals surface area contributed by atoms with Crippen LogP contribution in [0.4, 0.5) is 0 Å². The SMILES string of the molecule is CC(C)COCCNS(=O)(=O)c1ccccc1. The van der Waals surface area contributed by atoms with E-state index in [0.29, 0.717) is 25.7 Å². The molecule has 1 aromatic carbocycles. The van der Waals surface area contributed by atoms with Crippen LogP contribution in [0.1, 0.15) is 13.8 Å². The molecule has 4 nitrogen and oxygen atoms in total. The summed E-state index contributed by atoms with van der Waals surface area (Å²) in [7, 11) is -3.39. The van der Waals surface area contributed by atoms with Crippen LogP contribution in [0.25, 0.3) is 0 Å². The van der Waals surface area contributed by atoms with E-state index < -0.39 is 10.0 Å². The van der Waals surface area contributed by atoms with Gasteiger partial charge < -0.3 is 4.74 Å². The second-order valence-electron chi connectivity index (χ2n) is 4.18. The van der Waals surface area contributed by atoms with E-state index in [-0.39, 0.29) is 4.90 Å². The zero-order chi connectivity index (χ0) is 12.7. The minimum Gasteiger partial charge on any atom is -0.380 e. The van der Waals surface area contributed by atoms with E-state index >= 15 is 0 Å². The van der Waals surface area contributed by atoms with Gasteiger partial charge in [0, 0.05) is 13.2 Å². The largest absolute Gasteiger partial charge is 0.380 e. The van der Waals surface area contributed by atoms with Crippen LogP contribution in [0.2, 0.25) is 0 Å². The molecule has 0 aliphatic carbocycles. The molecule has 0 radical (unpaired) electrons. The molecule has 0 atom stereocenters. The maximum absolute atomic E-state index is 11.8. The average molecular weight is 257 g/mol. The molecule has 1 aromatic rings. The lowest BCUT2D eigenvalue weighted by Crippen LogP contribution is -2.27. The molecule has 1 N–H and O–H groups in total. The number of nitrogens with one attached hydrogen (secondary N) is 1. The number of hydrogen-bond acceptors (Lipinski definition) is 3. The molecule has 17 heavy (non-hydrogen) atoms. The van der Waals surface area contributed by atoms with Crippen LogP contribution >= 0.6 is 0 Å². The molecule has 0 aliphatic rings. The van der Waals surface area contributed by atoms with E-state index in [0.717, 1.165) is 0 Å². The Kier molecular flexibility index (Phi) is 5.61. The highest BCUT2D eigenvalue weighted by Gasteiger charge is 2.11. The van der Waals surface area contributed by atoms with Crippen LogP contribution in [-0.4, -0.2) is 28.2 Å². The third-order valence-corrected chi connectivity index (χ3v) is 3.52. The Labute approximate surface area is 103 Å². The van der Waals surface area contributed by atoms with Crippen molar-refractivity contribution in [1.29, 1.82) is 0 Å². The van der Waals surface area contributed by atoms with Gasteiger partial charge in [0.15, 0.2) is 0 Å². The van der Waals surface area contributed by atoms with Gasteiger partial charge in [-0.05, 0) is 18.1 Å². The van der Waals surface area contributed by atoms with Crippen LogP contribution < -0.4 is 4.72 Å². The molecule has 0 saturated heterocycles. The monoisotopic (exact) mass is 257 g/mol. The Morgan fingerprint density at radius 1 is 1.24 bits per heavy atom. The summed E-state index contributed by atoms with van der Waals surface area (Å²) in [6.45, 7) is 5.43.